The Morgan fingerprint density at radius 2 is 2.14 bits per heavy atom. The molecular formula is C21H35IN4O2S. The third-order valence-corrected chi connectivity index (χ3v) is 6.07. The Bertz CT molecular complexity index is 659. The van der Waals surface area contributed by atoms with Gasteiger partial charge in [-0.3, -0.25) is 9.79 Å². The van der Waals surface area contributed by atoms with Crippen molar-refractivity contribution in [2.75, 3.05) is 39.0 Å². The zero-order valence-electron chi connectivity index (χ0n) is 17.9. The fourth-order valence-corrected chi connectivity index (χ4v) is 4.15. The molecule has 0 saturated carbocycles. The lowest BCUT2D eigenvalue weighted by atomic mass is 10.2. The highest BCUT2D eigenvalue weighted by molar-refractivity contribution is 14.0. The first-order valence-electron chi connectivity index (χ1n) is 10.2. The number of likely N-dealkylation sites (tertiary alicyclic amines) is 1. The standard InChI is InChI=1S/C21H34N4O2S.HI/c1-5-20(26)25-12-11-17(14-25)24-21(22-6-2)23-13-16(3)15-28-19-10-8-7-9-18(19)27-4;/h7-10,16-17H,5-6,11-15H2,1-4H3,(H2,22,23,24);1H. The van der Waals surface area contributed by atoms with Crippen LogP contribution >= 0.6 is 35.7 Å². The number of aliphatic imine (C=N–C) groups is 1. The van der Waals surface area contributed by atoms with Crippen molar-refractivity contribution in [2.24, 2.45) is 10.9 Å². The SMILES string of the molecule is CCNC(=NCC(C)CSc1ccccc1OC)NC1CCN(C(=O)CC)C1.I. The molecule has 1 aliphatic rings. The number of hydrogen-bond acceptors (Lipinski definition) is 4. The highest BCUT2D eigenvalue weighted by Gasteiger charge is 2.25. The number of nitrogens with zero attached hydrogens (tertiary/aromatic N) is 2. The number of amides is 1. The number of halogens is 1. The number of guanidine groups is 1. The van der Waals surface area contributed by atoms with Gasteiger partial charge in [0.15, 0.2) is 5.96 Å². The second-order valence-corrected chi connectivity index (χ2v) is 8.17. The van der Waals surface area contributed by atoms with Gasteiger partial charge in [-0.25, -0.2) is 0 Å². The van der Waals surface area contributed by atoms with E-state index in [4.69, 9.17) is 9.73 Å². The van der Waals surface area contributed by atoms with Gasteiger partial charge in [0.05, 0.1) is 7.11 Å². The van der Waals surface area contributed by atoms with Gasteiger partial charge in [0.1, 0.15) is 5.75 Å². The first kappa shape index (κ1) is 25.9. The molecule has 8 heteroatoms. The molecule has 0 radical (unpaired) electrons. The molecular weight excluding hydrogens is 499 g/mol. The van der Waals surface area contributed by atoms with E-state index in [9.17, 15) is 4.79 Å². The summed E-state index contributed by atoms with van der Waals surface area (Å²) < 4.78 is 5.42. The number of rotatable bonds is 9. The highest BCUT2D eigenvalue weighted by Crippen LogP contribution is 2.30. The third-order valence-electron chi connectivity index (χ3n) is 4.68. The number of hydrogen-bond donors (Lipinski definition) is 2. The predicted molar refractivity (Wildman–Crippen MR) is 133 cm³/mol. The van der Waals surface area contributed by atoms with E-state index in [1.54, 1.807) is 18.9 Å². The van der Waals surface area contributed by atoms with Crippen LogP contribution in [0.2, 0.25) is 0 Å². The normalized spacial score (nSPS) is 17.4. The number of methoxy groups -OCH3 is 1. The predicted octanol–water partition coefficient (Wildman–Crippen LogP) is 3.61. The molecule has 1 saturated heterocycles. The summed E-state index contributed by atoms with van der Waals surface area (Å²) >= 11 is 1.80. The molecule has 0 aromatic heterocycles. The molecule has 2 rings (SSSR count). The molecule has 29 heavy (non-hydrogen) atoms. The number of para-hydroxylation sites is 1. The van der Waals surface area contributed by atoms with Crippen LogP contribution in [-0.4, -0.2) is 61.9 Å². The lowest BCUT2D eigenvalue weighted by Gasteiger charge is -2.19. The van der Waals surface area contributed by atoms with Gasteiger partial charge in [0, 0.05) is 49.3 Å². The second kappa shape index (κ2) is 14.0. The van der Waals surface area contributed by atoms with Crippen LogP contribution in [0.3, 0.4) is 0 Å². The lowest BCUT2D eigenvalue weighted by Crippen LogP contribution is -2.45. The van der Waals surface area contributed by atoms with Gasteiger partial charge in [0.25, 0.3) is 0 Å². The van der Waals surface area contributed by atoms with Gasteiger partial charge in [-0.15, -0.1) is 35.7 Å². The van der Waals surface area contributed by atoms with Crippen molar-refractivity contribution in [2.45, 2.75) is 44.6 Å². The maximum atomic E-state index is 11.9. The number of ether oxygens (including phenoxy) is 1. The number of thioether (sulfide) groups is 1. The zero-order chi connectivity index (χ0) is 20.4. The maximum Gasteiger partial charge on any atom is 0.222 e. The third kappa shape index (κ3) is 8.62. The van der Waals surface area contributed by atoms with Crippen LogP contribution in [0.25, 0.3) is 0 Å². The summed E-state index contributed by atoms with van der Waals surface area (Å²) in [5, 5.41) is 6.82. The van der Waals surface area contributed by atoms with Gasteiger partial charge in [-0.1, -0.05) is 26.0 Å². The molecule has 1 fully saturated rings. The van der Waals surface area contributed by atoms with Crippen LogP contribution in [-0.2, 0) is 4.79 Å². The largest absolute Gasteiger partial charge is 0.496 e. The van der Waals surface area contributed by atoms with Crippen LogP contribution in [0, 0.1) is 5.92 Å². The van der Waals surface area contributed by atoms with Crippen molar-refractivity contribution in [1.29, 1.82) is 0 Å². The minimum atomic E-state index is 0. The number of nitrogens with one attached hydrogen (secondary N) is 2. The van der Waals surface area contributed by atoms with Crippen molar-refractivity contribution in [3.8, 4) is 5.75 Å². The molecule has 1 aromatic carbocycles. The number of carbonyl (C=O) groups is 1. The van der Waals surface area contributed by atoms with Gasteiger partial charge < -0.3 is 20.3 Å². The van der Waals surface area contributed by atoms with Crippen molar-refractivity contribution >= 4 is 47.6 Å². The first-order valence-corrected chi connectivity index (χ1v) is 11.1. The summed E-state index contributed by atoms with van der Waals surface area (Å²) in [6.45, 7) is 9.36. The van der Waals surface area contributed by atoms with E-state index in [-0.39, 0.29) is 35.9 Å². The fraction of sp³-hybridized carbons (Fsp3) is 0.619. The molecule has 164 valence electrons. The first-order chi connectivity index (χ1) is 13.6. The lowest BCUT2D eigenvalue weighted by molar-refractivity contribution is -0.129. The Morgan fingerprint density at radius 1 is 1.38 bits per heavy atom. The van der Waals surface area contributed by atoms with E-state index >= 15 is 0 Å². The Labute approximate surface area is 196 Å². The molecule has 2 N–H and O–H groups in total. The molecule has 2 atom stereocenters. The van der Waals surface area contributed by atoms with E-state index in [2.05, 4.69) is 30.5 Å². The number of carbonyl (C=O) groups excluding carboxylic acids is 1. The molecule has 6 nitrogen and oxygen atoms in total. The summed E-state index contributed by atoms with van der Waals surface area (Å²) in [6, 6.07) is 8.38. The van der Waals surface area contributed by atoms with Gasteiger partial charge in [0.2, 0.25) is 5.91 Å². The fourth-order valence-electron chi connectivity index (χ4n) is 3.11. The van der Waals surface area contributed by atoms with Crippen LogP contribution in [0.1, 0.15) is 33.6 Å². The van der Waals surface area contributed by atoms with E-state index in [0.29, 0.717) is 12.3 Å². The summed E-state index contributed by atoms with van der Waals surface area (Å²) in [6.07, 6.45) is 1.54. The van der Waals surface area contributed by atoms with Gasteiger partial charge in [-0.2, -0.15) is 0 Å². The van der Waals surface area contributed by atoms with Gasteiger partial charge in [-0.05, 0) is 31.4 Å². The van der Waals surface area contributed by atoms with Crippen molar-refractivity contribution in [3.05, 3.63) is 24.3 Å². The maximum absolute atomic E-state index is 11.9. The average Bonchev–Trinajstić information content (AvgIpc) is 3.18. The van der Waals surface area contributed by atoms with Crippen molar-refractivity contribution in [1.82, 2.24) is 15.5 Å². The van der Waals surface area contributed by atoms with Crippen molar-refractivity contribution in [3.63, 3.8) is 0 Å². The quantitative estimate of drug-likeness (QED) is 0.219. The topological polar surface area (TPSA) is 66.0 Å². The van der Waals surface area contributed by atoms with Crippen LogP contribution < -0.4 is 15.4 Å². The molecule has 0 spiro atoms. The minimum absolute atomic E-state index is 0. The van der Waals surface area contributed by atoms with E-state index in [1.807, 2.05) is 30.0 Å². The van der Waals surface area contributed by atoms with Gasteiger partial charge >= 0.3 is 0 Å². The molecule has 0 aliphatic carbocycles. The Kier molecular flexibility index (Phi) is 12.4. The molecule has 0 bridgehead atoms. The monoisotopic (exact) mass is 534 g/mol. The summed E-state index contributed by atoms with van der Waals surface area (Å²) in [5.41, 5.74) is 0. The van der Waals surface area contributed by atoms with Crippen LogP contribution in [0.5, 0.6) is 5.75 Å². The summed E-state index contributed by atoms with van der Waals surface area (Å²) in [4.78, 5) is 19.7. The van der Waals surface area contributed by atoms with E-state index < -0.39 is 0 Å². The average molecular weight is 535 g/mol. The van der Waals surface area contributed by atoms with E-state index in [1.165, 1.54) is 0 Å². The minimum Gasteiger partial charge on any atom is -0.496 e. The van der Waals surface area contributed by atoms with Crippen LogP contribution in [0.15, 0.2) is 34.2 Å². The zero-order valence-corrected chi connectivity index (χ0v) is 21.1. The summed E-state index contributed by atoms with van der Waals surface area (Å²) in [7, 11) is 1.71. The Balaban J connectivity index is 0.00000420. The molecule has 2 unspecified atom stereocenters. The smallest absolute Gasteiger partial charge is 0.222 e. The molecule has 1 aliphatic heterocycles. The van der Waals surface area contributed by atoms with Crippen molar-refractivity contribution < 1.29 is 9.53 Å². The Hall–Kier alpha value is -1.16. The van der Waals surface area contributed by atoms with Crippen LogP contribution in [0.4, 0.5) is 0 Å². The number of benzene rings is 1. The molecule has 1 amide bonds. The molecule has 1 aromatic rings. The van der Waals surface area contributed by atoms with E-state index in [0.717, 1.165) is 55.0 Å². The second-order valence-electron chi connectivity index (χ2n) is 7.11. The Morgan fingerprint density at radius 3 is 2.83 bits per heavy atom. The summed E-state index contributed by atoms with van der Waals surface area (Å²) in [5.74, 6) is 3.41. The molecule has 1 heterocycles. The highest BCUT2D eigenvalue weighted by atomic mass is 127.